The van der Waals surface area contributed by atoms with Gasteiger partial charge in [0.2, 0.25) is 0 Å². The van der Waals surface area contributed by atoms with Crippen LogP contribution in [0.4, 0.5) is 5.69 Å². The fraction of sp³-hybridized carbons (Fsp3) is 0.0769. The highest BCUT2D eigenvalue weighted by Crippen LogP contribution is 2.20. The second-order valence-electron chi connectivity index (χ2n) is 7.54. The van der Waals surface area contributed by atoms with Gasteiger partial charge in [-0.15, -0.1) is 0 Å². The van der Waals surface area contributed by atoms with Gasteiger partial charge in [-0.3, -0.25) is 14.4 Å². The molecule has 1 aromatic heterocycles. The first kappa shape index (κ1) is 23.9. The lowest BCUT2D eigenvalue weighted by Crippen LogP contribution is -2.34. The minimum atomic E-state index is -0.743. The first-order valence-electron chi connectivity index (χ1n) is 10.7. The summed E-state index contributed by atoms with van der Waals surface area (Å²) in [6, 6.07) is 21.6. The summed E-state index contributed by atoms with van der Waals surface area (Å²) in [7, 11) is 0. The maximum Gasteiger partial charge on any atom is 0.349 e. The standard InChI is InChI=1S/C26H20BrN3O5/c27-19-8-11-22-18(14-19)15-21(26(34)35-22)25(33)30-20-9-6-17(7-10-20)24(32)29-13-12-28-23(31)16-4-2-1-3-5-16/h1-11,14-15H,12-13H2,(H,28,31)(H,29,32)(H,30,33). The third-order valence-electron chi connectivity index (χ3n) is 5.08. The molecular formula is C26H20BrN3O5. The van der Waals surface area contributed by atoms with E-state index in [1.807, 2.05) is 6.07 Å². The molecule has 0 spiro atoms. The zero-order valence-corrected chi connectivity index (χ0v) is 19.9. The Kier molecular flexibility index (Phi) is 7.37. The number of nitrogens with one attached hydrogen (secondary N) is 3. The van der Waals surface area contributed by atoms with Crippen LogP contribution >= 0.6 is 15.9 Å². The van der Waals surface area contributed by atoms with Crippen molar-refractivity contribution in [2.24, 2.45) is 0 Å². The summed E-state index contributed by atoms with van der Waals surface area (Å²) in [5, 5.41) is 8.70. The quantitative estimate of drug-likeness (QED) is 0.245. The van der Waals surface area contributed by atoms with Crippen LogP contribution < -0.4 is 21.6 Å². The van der Waals surface area contributed by atoms with Gasteiger partial charge in [0.25, 0.3) is 17.7 Å². The van der Waals surface area contributed by atoms with Crippen molar-refractivity contribution >= 4 is 50.3 Å². The molecule has 0 saturated heterocycles. The highest BCUT2D eigenvalue weighted by molar-refractivity contribution is 9.10. The van der Waals surface area contributed by atoms with Gasteiger partial charge < -0.3 is 20.4 Å². The maximum absolute atomic E-state index is 12.6. The molecule has 4 aromatic rings. The average Bonchev–Trinajstić information content (AvgIpc) is 2.87. The Morgan fingerprint density at radius 2 is 1.37 bits per heavy atom. The molecular weight excluding hydrogens is 514 g/mol. The van der Waals surface area contributed by atoms with Crippen molar-refractivity contribution in [2.45, 2.75) is 0 Å². The molecule has 176 valence electrons. The topological polar surface area (TPSA) is 118 Å². The van der Waals surface area contributed by atoms with E-state index in [0.29, 0.717) is 27.8 Å². The van der Waals surface area contributed by atoms with Gasteiger partial charge in [0, 0.05) is 39.8 Å². The lowest BCUT2D eigenvalue weighted by molar-refractivity contribution is 0.0927. The van der Waals surface area contributed by atoms with Gasteiger partial charge in [0.15, 0.2) is 0 Å². The fourth-order valence-electron chi connectivity index (χ4n) is 3.30. The van der Waals surface area contributed by atoms with E-state index < -0.39 is 11.5 Å². The number of halogens is 1. The van der Waals surface area contributed by atoms with Crippen LogP contribution in [0.25, 0.3) is 11.0 Å². The molecule has 3 aromatic carbocycles. The molecule has 0 atom stereocenters. The van der Waals surface area contributed by atoms with Gasteiger partial charge in [-0.2, -0.15) is 0 Å². The molecule has 3 amide bonds. The summed E-state index contributed by atoms with van der Waals surface area (Å²) in [6.07, 6.45) is 0. The summed E-state index contributed by atoms with van der Waals surface area (Å²) < 4.78 is 6.02. The number of hydrogen-bond acceptors (Lipinski definition) is 5. The molecule has 35 heavy (non-hydrogen) atoms. The maximum atomic E-state index is 12.6. The number of carbonyl (C=O) groups is 3. The molecule has 0 fully saturated rings. The number of fused-ring (bicyclic) bond motifs is 1. The average molecular weight is 534 g/mol. The van der Waals surface area contributed by atoms with Crippen LogP contribution in [0.1, 0.15) is 31.1 Å². The second-order valence-corrected chi connectivity index (χ2v) is 8.45. The number of anilines is 1. The number of benzene rings is 3. The Hall–Kier alpha value is -4.24. The summed E-state index contributed by atoms with van der Waals surface area (Å²) in [4.78, 5) is 49.2. The third kappa shape index (κ3) is 6.01. The Labute approximate surface area is 208 Å². The van der Waals surface area contributed by atoms with Gasteiger partial charge >= 0.3 is 5.63 Å². The van der Waals surface area contributed by atoms with Crippen molar-refractivity contribution in [3.05, 3.63) is 110 Å². The van der Waals surface area contributed by atoms with Gasteiger partial charge in [0.05, 0.1) is 0 Å². The van der Waals surface area contributed by atoms with Crippen LogP contribution in [0.2, 0.25) is 0 Å². The van der Waals surface area contributed by atoms with Crippen molar-refractivity contribution in [1.29, 1.82) is 0 Å². The highest BCUT2D eigenvalue weighted by atomic mass is 79.9. The molecule has 0 aliphatic rings. The first-order chi connectivity index (χ1) is 16.9. The van der Waals surface area contributed by atoms with Gasteiger partial charge in [-0.05, 0) is 60.7 Å². The Morgan fingerprint density at radius 3 is 2.03 bits per heavy atom. The summed E-state index contributed by atoms with van der Waals surface area (Å²) in [6.45, 7) is 0.530. The van der Waals surface area contributed by atoms with Gasteiger partial charge in [-0.1, -0.05) is 34.1 Å². The normalized spacial score (nSPS) is 10.5. The molecule has 9 heteroatoms. The Morgan fingerprint density at radius 1 is 0.743 bits per heavy atom. The van der Waals surface area contributed by atoms with Crippen LogP contribution in [0.15, 0.2) is 92.5 Å². The Balaban J connectivity index is 1.31. The number of carbonyl (C=O) groups excluding carboxylic acids is 3. The zero-order valence-electron chi connectivity index (χ0n) is 18.3. The van der Waals surface area contributed by atoms with Crippen molar-refractivity contribution in [3.63, 3.8) is 0 Å². The molecule has 8 nitrogen and oxygen atoms in total. The molecule has 4 rings (SSSR count). The highest BCUT2D eigenvalue weighted by Gasteiger charge is 2.15. The summed E-state index contributed by atoms with van der Waals surface area (Å²) >= 11 is 3.35. The van der Waals surface area contributed by atoms with Crippen LogP contribution in [-0.4, -0.2) is 30.8 Å². The van der Waals surface area contributed by atoms with E-state index in [4.69, 9.17) is 4.42 Å². The van der Waals surface area contributed by atoms with Crippen LogP contribution in [0.5, 0.6) is 0 Å². The van der Waals surface area contributed by atoms with E-state index in [-0.39, 0.29) is 30.5 Å². The van der Waals surface area contributed by atoms with E-state index in [2.05, 4.69) is 31.9 Å². The minimum absolute atomic E-state index is 0.130. The number of hydrogen-bond donors (Lipinski definition) is 3. The van der Waals surface area contributed by atoms with E-state index in [1.54, 1.807) is 66.7 Å². The van der Waals surface area contributed by atoms with Gasteiger partial charge in [0.1, 0.15) is 11.1 Å². The molecule has 0 radical (unpaired) electrons. The molecule has 0 saturated carbocycles. The van der Waals surface area contributed by atoms with Crippen molar-refractivity contribution in [2.75, 3.05) is 18.4 Å². The van der Waals surface area contributed by atoms with Crippen molar-refractivity contribution < 1.29 is 18.8 Å². The minimum Gasteiger partial charge on any atom is -0.422 e. The van der Waals surface area contributed by atoms with Crippen LogP contribution in [0.3, 0.4) is 0 Å². The monoisotopic (exact) mass is 533 g/mol. The van der Waals surface area contributed by atoms with Crippen LogP contribution in [-0.2, 0) is 0 Å². The summed E-state index contributed by atoms with van der Waals surface area (Å²) in [5.41, 5.74) is 0.848. The molecule has 1 heterocycles. The van der Waals surface area contributed by atoms with Crippen molar-refractivity contribution in [1.82, 2.24) is 10.6 Å². The van der Waals surface area contributed by atoms with E-state index in [0.717, 1.165) is 4.47 Å². The van der Waals surface area contributed by atoms with E-state index >= 15 is 0 Å². The van der Waals surface area contributed by atoms with E-state index in [9.17, 15) is 19.2 Å². The van der Waals surface area contributed by atoms with Crippen LogP contribution in [0, 0.1) is 0 Å². The fourth-order valence-corrected chi connectivity index (χ4v) is 3.68. The molecule has 3 N–H and O–H groups in total. The predicted molar refractivity (Wildman–Crippen MR) is 136 cm³/mol. The molecule has 0 bridgehead atoms. The Bertz CT molecular complexity index is 1450. The second kappa shape index (κ2) is 10.8. The van der Waals surface area contributed by atoms with E-state index in [1.165, 1.54) is 6.07 Å². The molecule has 0 unspecified atom stereocenters. The smallest absolute Gasteiger partial charge is 0.349 e. The zero-order chi connectivity index (χ0) is 24.8. The molecule has 0 aliphatic carbocycles. The largest absolute Gasteiger partial charge is 0.422 e. The lowest BCUT2D eigenvalue weighted by atomic mass is 10.1. The number of rotatable bonds is 7. The predicted octanol–water partition coefficient (Wildman–Crippen LogP) is 3.97. The summed E-state index contributed by atoms with van der Waals surface area (Å²) in [5.74, 6) is -1.15. The lowest BCUT2D eigenvalue weighted by Gasteiger charge is -2.09. The third-order valence-corrected chi connectivity index (χ3v) is 5.57. The van der Waals surface area contributed by atoms with Crippen molar-refractivity contribution in [3.8, 4) is 0 Å². The van der Waals surface area contributed by atoms with Gasteiger partial charge in [-0.25, -0.2) is 4.79 Å². The SMILES string of the molecule is O=C(NCCNC(=O)c1ccc(NC(=O)c2cc3cc(Br)ccc3oc2=O)cc1)c1ccccc1. The first-order valence-corrected chi connectivity index (χ1v) is 11.5. The molecule has 0 aliphatic heterocycles. The number of amides is 3.